The van der Waals surface area contributed by atoms with Gasteiger partial charge in [0.1, 0.15) is 11.2 Å². The number of amides is 2. The lowest BCUT2D eigenvalue weighted by Gasteiger charge is -2.46. The normalized spacial score (nSPS) is 27.6. The number of thiophene rings is 1. The first-order chi connectivity index (χ1) is 15.7. The molecule has 0 spiro atoms. The van der Waals surface area contributed by atoms with Crippen molar-refractivity contribution in [2.75, 3.05) is 4.90 Å². The van der Waals surface area contributed by atoms with Crippen LogP contribution >= 0.6 is 22.9 Å². The van der Waals surface area contributed by atoms with E-state index < -0.39 is 5.54 Å². The summed E-state index contributed by atoms with van der Waals surface area (Å²) in [6.45, 7) is 8.71. The first kappa shape index (κ1) is 22.5. The zero-order valence-corrected chi connectivity index (χ0v) is 21.1. The van der Waals surface area contributed by atoms with E-state index >= 15 is 0 Å². The van der Waals surface area contributed by atoms with Crippen LogP contribution < -0.4 is 10.2 Å². The largest absolute Gasteiger partial charge is 0.351 e. The van der Waals surface area contributed by atoms with Gasteiger partial charge in [0, 0.05) is 16.8 Å². The number of halogens is 1. The number of aryl methyl sites for hydroxylation is 1. The summed E-state index contributed by atoms with van der Waals surface area (Å²) in [5.74, 6) is 0.692. The van der Waals surface area contributed by atoms with Crippen LogP contribution in [-0.2, 0) is 11.3 Å². The highest BCUT2D eigenvalue weighted by Crippen LogP contribution is 2.39. The Kier molecular flexibility index (Phi) is 5.57. The lowest BCUT2D eigenvalue weighted by molar-refractivity contribution is -0.128. The molecule has 2 amide bonds. The number of hydrogen-bond acceptors (Lipinski definition) is 3. The minimum atomic E-state index is -1.09. The number of hydrogen-bond donors (Lipinski definition) is 1. The third-order valence-electron chi connectivity index (χ3n) is 7.83. The van der Waals surface area contributed by atoms with E-state index in [1.807, 2.05) is 48.1 Å². The lowest BCUT2D eigenvalue weighted by atomic mass is 9.77. The third kappa shape index (κ3) is 3.58. The zero-order valence-electron chi connectivity index (χ0n) is 19.5. The fourth-order valence-electron chi connectivity index (χ4n) is 5.52. The standard InChI is InChI=1S/C26H30ClN3O2S/c1-15-6-5-7-19(17(15)3)28-25(32)26(4)14-29-20-10-11-33-23(20)13-22(29)24(31)30(26)21-12-18(27)9-8-16(21)2/h8-13,15,17,19H,5-7,14H2,1-4H3,(H,28,32)/t15-,17+,19-,26-/m1/s1. The van der Waals surface area contributed by atoms with Gasteiger partial charge in [-0.2, -0.15) is 0 Å². The quantitative estimate of drug-likeness (QED) is 0.494. The highest BCUT2D eigenvalue weighted by atomic mass is 35.5. The van der Waals surface area contributed by atoms with Crippen molar-refractivity contribution in [1.29, 1.82) is 0 Å². The van der Waals surface area contributed by atoms with Gasteiger partial charge in [-0.3, -0.25) is 14.5 Å². The summed E-state index contributed by atoms with van der Waals surface area (Å²) < 4.78 is 3.07. The molecule has 2 aromatic heterocycles. The van der Waals surface area contributed by atoms with Crippen LogP contribution in [0.2, 0.25) is 5.02 Å². The molecule has 1 N–H and O–H groups in total. The lowest BCUT2D eigenvalue weighted by Crippen LogP contribution is -2.66. The van der Waals surface area contributed by atoms with Gasteiger partial charge in [-0.25, -0.2) is 0 Å². The summed E-state index contributed by atoms with van der Waals surface area (Å²) in [4.78, 5) is 29.7. The number of carbonyl (C=O) groups excluding carboxylic acids is 2. The van der Waals surface area contributed by atoms with Crippen LogP contribution in [0.3, 0.4) is 0 Å². The second-order valence-electron chi connectivity index (χ2n) is 9.98. The zero-order chi connectivity index (χ0) is 23.5. The summed E-state index contributed by atoms with van der Waals surface area (Å²) in [7, 11) is 0. The molecule has 3 aromatic rings. The number of carbonyl (C=O) groups is 2. The number of benzene rings is 1. The van der Waals surface area contributed by atoms with Gasteiger partial charge in [-0.05, 0) is 67.3 Å². The molecule has 2 aliphatic rings. The second-order valence-corrected chi connectivity index (χ2v) is 11.4. The van der Waals surface area contributed by atoms with Crippen molar-refractivity contribution in [2.45, 2.75) is 65.1 Å². The highest BCUT2D eigenvalue weighted by Gasteiger charge is 2.50. The Bertz CT molecular complexity index is 1250. The van der Waals surface area contributed by atoms with E-state index in [2.05, 4.69) is 19.2 Å². The monoisotopic (exact) mass is 483 g/mol. The second kappa shape index (κ2) is 8.17. The maximum Gasteiger partial charge on any atom is 0.275 e. The van der Waals surface area contributed by atoms with E-state index in [9.17, 15) is 9.59 Å². The first-order valence-corrected chi connectivity index (χ1v) is 12.9. The fourth-order valence-corrected chi connectivity index (χ4v) is 6.51. The molecule has 33 heavy (non-hydrogen) atoms. The molecule has 174 valence electrons. The van der Waals surface area contributed by atoms with Gasteiger partial charge >= 0.3 is 0 Å². The van der Waals surface area contributed by atoms with Gasteiger partial charge in [-0.1, -0.05) is 44.4 Å². The van der Waals surface area contributed by atoms with Crippen LogP contribution in [0.4, 0.5) is 5.69 Å². The van der Waals surface area contributed by atoms with E-state index in [4.69, 9.17) is 11.6 Å². The molecule has 0 saturated heterocycles. The fraction of sp³-hybridized carbons (Fsp3) is 0.462. The maximum atomic E-state index is 14.0. The van der Waals surface area contributed by atoms with Crippen molar-refractivity contribution < 1.29 is 9.59 Å². The maximum absolute atomic E-state index is 14.0. The summed E-state index contributed by atoms with van der Waals surface area (Å²) in [5.41, 5.74) is 2.12. The van der Waals surface area contributed by atoms with E-state index in [1.165, 1.54) is 6.42 Å². The van der Waals surface area contributed by atoms with Crippen LogP contribution in [-0.4, -0.2) is 28.0 Å². The molecule has 0 bridgehead atoms. The number of nitrogens with zero attached hydrogens (tertiary/aromatic N) is 2. The van der Waals surface area contributed by atoms with Gasteiger partial charge in [-0.15, -0.1) is 11.3 Å². The average Bonchev–Trinajstić information content (AvgIpc) is 3.36. The molecule has 1 aliphatic carbocycles. The number of anilines is 1. The van der Waals surface area contributed by atoms with E-state index in [0.717, 1.165) is 28.6 Å². The molecule has 1 aromatic carbocycles. The molecule has 3 heterocycles. The van der Waals surface area contributed by atoms with Gasteiger partial charge in [0.15, 0.2) is 0 Å². The third-order valence-corrected chi connectivity index (χ3v) is 8.92. The number of fused-ring (bicyclic) bond motifs is 3. The van der Waals surface area contributed by atoms with Crippen LogP contribution in [0.15, 0.2) is 35.7 Å². The van der Waals surface area contributed by atoms with Crippen LogP contribution in [0.5, 0.6) is 0 Å². The number of aromatic nitrogens is 1. The minimum absolute atomic E-state index is 0.107. The number of nitrogens with one attached hydrogen (secondary N) is 1. The molecule has 7 heteroatoms. The van der Waals surface area contributed by atoms with Gasteiger partial charge in [0.25, 0.3) is 5.91 Å². The Labute approximate surface area is 203 Å². The van der Waals surface area contributed by atoms with Gasteiger partial charge in [0.2, 0.25) is 5.91 Å². The van der Waals surface area contributed by atoms with E-state index in [-0.39, 0.29) is 17.9 Å². The van der Waals surface area contributed by atoms with Crippen molar-refractivity contribution in [2.24, 2.45) is 11.8 Å². The van der Waals surface area contributed by atoms with Crippen molar-refractivity contribution in [3.05, 3.63) is 52.0 Å². The Morgan fingerprint density at radius 1 is 1.21 bits per heavy atom. The summed E-state index contributed by atoms with van der Waals surface area (Å²) in [5, 5.41) is 5.92. The summed E-state index contributed by atoms with van der Waals surface area (Å²) >= 11 is 7.96. The number of rotatable bonds is 3. The SMILES string of the molecule is Cc1ccc(Cl)cc1N1C(=O)c2cc3sccc3n2C[C@]1(C)C(=O)N[C@@H]1CCC[C@@H](C)[C@@H]1C. The summed E-state index contributed by atoms with van der Waals surface area (Å²) in [6.07, 6.45) is 3.28. The molecule has 5 rings (SSSR count). The molecule has 0 unspecified atom stereocenters. The molecule has 1 aliphatic heterocycles. The van der Waals surface area contributed by atoms with Crippen molar-refractivity contribution >= 4 is 50.7 Å². The van der Waals surface area contributed by atoms with Crippen molar-refractivity contribution in [3.63, 3.8) is 0 Å². The molecular weight excluding hydrogens is 454 g/mol. The van der Waals surface area contributed by atoms with Crippen molar-refractivity contribution in [1.82, 2.24) is 9.88 Å². The Morgan fingerprint density at radius 3 is 2.79 bits per heavy atom. The molecule has 4 atom stereocenters. The summed E-state index contributed by atoms with van der Waals surface area (Å²) in [6, 6.07) is 9.60. The average molecular weight is 484 g/mol. The van der Waals surface area contributed by atoms with Gasteiger partial charge < -0.3 is 9.88 Å². The highest BCUT2D eigenvalue weighted by molar-refractivity contribution is 7.17. The van der Waals surface area contributed by atoms with E-state index in [0.29, 0.717) is 34.8 Å². The van der Waals surface area contributed by atoms with E-state index in [1.54, 1.807) is 22.3 Å². The molecule has 5 nitrogen and oxygen atoms in total. The topological polar surface area (TPSA) is 54.3 Å². The predicted molar refractivity (Wildman–Crippen MR) is 135 cm³/mol. The van der Waals surface area contributed by atoms with Crippen LogP contribution in [0.1, 0.15) is 56.1 Å². The smallest absolute Gasteiger partial charge is 0.275 e. The molecule has 1 fully saturated rings. The Balaban J connectivity index is 1.61. The molecular formula is C26H30ClN3O2S. The molecule has 1 saturated carbocycles. The Morgan fingerprint density at radius 2 is 2.00 bits per heavy atom. The van der Waals surface area contributed by atoms with Gasteiger partial charge in [0.05, 0.1) is 16.8 Å². The van der Waals surface area contributed by atoms with Crippen LogP contribution in [0.25, 0.3) is 10.2 Å². The van der Waals surface area contributed by atoms with Crippen LogP contribution in [0, 0.1) is 18.8 Å². The predicted octanol–water partition coefficient (Wildman–Crippen LogP) is 6.02. The Hall–Kier alpha value is -2.31. The minimum Gasteiger partial charge on any atom is -0.351 e. The molecule has 0 radical (unpaired) electrons. The van der Waals surface area contributed by atoms with Crippen molar-refractivity contribution in [3.8, 4) is 0 Å². The first-order valence-electron chi connectivity index (χ1n) is 11.7.